The van der Waals surface area contributed by atoms with Crippen molar-refractivity contribution in [3.8, 4) is 6.07 Å². The average Bonchev–Trinajstić information content (AvgIpc) is 3.14. The first-order valence-electron chi connectivity index (χ1n) is 11.7. The van der Waals surface area contributed by atoms with Crippen molar-refractivity contribution in [2.75, 3.05) is 58.9 Å². The summed E-state index contributed by atoms with van der Waals surface area (Å²) in [6.45, 7) is 19.5. The third-order valence-corrected chi connectivity index (χ3v) is 6.83. The molecule has 3 rings (SSSR count). The molecule has 0 spiro atoms. The molecule has 1 unspecified atom stereocenters. The Balaban J connectivity index is 1.51. The molecule has 0 bridgehead atoms. The van der Waals surface area contributed by atoms with Gasteiger partial charge in [0.2, 0.25) is 0 Å². The second kappa shape index (κ2) is 11.4. The average molecular weight is 399 g/mol. The van der Waals surface area contributed by atoms with Crippen LogP contribution in [0.15, 0.2) is 11.5 Å². The smallest absolute Gasteiger partial charge is 0.300 e. The molecule has 3 heterocycles. The Bertz CT molecular complexity index is 608. The van der Waals surface area contributed by atoms with Gasteiger partial charge in [-0.2, -0.15) is 0 Å². The normalized spacial score (nSPS) is 25.7. The minimum atomic E-state index is 0.270. The monoisotopic (exact) mass is 398 g/mol. The van der Waals surface area contributed by atoms with E-state index in [1.54, 1.807) is 0 Å². The molecule has 0 aromatic heterocycles. The number of rotatable bonds is 8. The van der Waals surface area contributed by atoms with Gasteiger partial charge in [-0.15, -0.1) is 0 Å². The molecule has 3 fully saturated rings. The van der Waals surface area contributed by atoms with E-state index in [0.717, 1.165) is 57.9 Å². The predicted octanol–water partition coefficient (Wildman–Crippen LogP) is 3.36. The Labute approximate surface area is 177 Å². The van der Waals surface area contributed by atoms with Gasteiger partial charge in [-0.3, -0.25) is 0 Å². The lowest BCUT2D eigenvalue weighted by molar-refractivity contribution is 0.153. The van der Waals surface area contributed by atoms with Crippen molar-refractivity contribution in [3.63, 3.8) is 0 Å². The van der Waals surface area contributed by atoms with Gasteiger partial charge >= 0.3 is 5.70 Å². The van der Waals surface area contributed by atoms with Gasteiger partial charge in [-0.05, 0) is 71.6 Å². The molecule has 0 aliphatic carbocycles. The number of nitriles is 1. The molecule has 0 radical (unpaired) electrons. The zero-order chi connectivity index (χ0) is 20.5. The van der Waals surface area contributed by atoms with E-state index in [2.05, 4.69) is 37.4 Å². The number of allylic oxidation sites excluding steroid dienone is 1. The largest absolute Gasteiger partial charge is 0.365 e. The van der Waals surface area contributed by atoms with Gasteiger partial charge in [0.25, 0.3) is 0 Å². The van der Waals surface area contributed by atoms with E-state index in [1.165, 1.54) is 58.2 Å². The number of hydrogen-bond donors (Lipinski definition) is 0. The predicted molar refractivity (Wildman–Crippen MR) is 117 cm³/mol. The summed E-state index contributed by atoms with van der Waals surface area (Å²) >= 11 is 0. The molecule has 0 N–H and O–H groups in total. The van der Waals surface area contributed by atoms with Crippen LogP contribution in [0.2, 0.25) is 0 Å². The molecule has 160 valence electrons. The first-order chi connectivity index (χ1) is 14.2. The molecule has 6 heteroatoms. The molecule has 3 saturated heterocycles. The molecule has 6 nitrogen and oxygen atoms in total. The van der Waals surface area contributed by atoms with Gasteiger partial charge in [-0.25, -0.2) is 10.1 Å². The summed E-state index contributed by atoms with van der Waals surface area (Å²) in [4.78, 5) is 13.3. The number of likely N-dealkylation sites (tertiary alicyclic amines) is 2. The topological polar surface area (TPSA) is 41.1 Å². The first kappa shape index (κ1) is 21.9. The summed E-state index contributed by atoms with van der Waals surface area (Å²) in [6, 6.07) is 2.86. The van der Waals surface area contributed by atoms with Crippen LogP contribution in [0.4, 0.5) is 0 Å². The van der Waals surface area contributed by atoms with Gasteiger partial charge in [-0.1, -0.05) is 12.8 Å². The highest BCUT2D eigenvalue weighted by molar-refractivity contribution is 5.33. The molecule has 0 saturated carbocycles. The lowest BCUT2D eigenvalue weighted by Gasteiger charge is -2.34. The molecular weight excluding hydrogens is 360 g/mol. The fourth-order valence-electron chi connectivity index (χ4n) is 5.14. The summed E-state index contributed by atoms with van der Waals surface area (Å²) < 4.78 is 0. The molecule has 0 aromatic rings. The van der Waals surface area contributed by atoms with Crippen LogP contribution in [-0.2, 0) is 0 Å². The highest BCUT2D eigenvalue weighted by Crippen LogP contribution is 2.24. The second-order valence-corrected chi connectivity index (χ2v) is 8.86. The summed E-state index contributed by atoms with van der Waals surface area (Å²) in [5.74, 6) is 0.896. The van der Waals surface area contributed by atoms with Crippen molar-refractivity contribution in [2.45, 2.75) is 64.3 Å². The maximum Gasteiger partial charge on any atom is 0.300 e. The van der Waals surface area contributed by atoms with Gasteiger partial charge in [0.15, 0.2) is 0 Å². The Morgan fingerprint density at radius 3 is 2.21 bits per heavy atom. The fraction of sp³-hybridized carbons (Fsp3) is 0.826. The SMILES string of the molecule is [C-]#[N+]C(C#N)=C1N(CCCN2CCCCC2)CCN1CCCN1CCCCC1C. The van der Waals surface area contributed by atoms with Crippen LogP contribution >= 0.6 is 0 Å². The van der Waals surface area contributed by atoms with Crippen LogP contribution in [0, 0.1) is 17.9 Å². The van der Waals surface area contributed by atoms with E-state index in [1.807, 2.05) is 0 Å². The summed E-state index contributed by atoms with van der Waals surface area (Å²) in [7, 11) is 0. The van der Waals surface area contributed by atoms with E-state index in [4.69, 9.17) is 6.57 Å². The van der Waals surface area contributed by atoms with E-state index >= 15 is 0 Å². The molecule has 3 aliphatic rings. The zero-order valence-electron chi connectivity index (χ0n) is 18.3. The second-order valence-electron chi connectivity index (χ2n) is 8.86. The van der Waals surface area contributed by atoms with Crippen molar-refractivity contribution in [1.82, 2.24) is 19.6 Å². The molecule has 0 aromatic carbocycles. The number of nitrogens with zero attached hydrogens (tertiary/aromatic N) is 6. The summed E-state index contributed by atoms with van der Waals surface area (Å²) in [5.41, 5.74) is 0.270. The van der Waals surface area contributed by atoms with Crippen molar-refractivity contribution in [1.29, 1.82) is 5.26 Å². The van der Waals surface area contributed by atoms with Crippen molar-refractivity contribution in [3.05, 3.63) is 22.9 Å². The highest BCUT2D eigenvalue weighted by atomic mass is 15.4. The lowest BCUT2D eigenvalue weighted by Crippen LogP contribution is -2.39. The Morgan fingerprint density at radius 1 is 0.931 bits per heavy atom. The molecule has 3 aliphatic heterocycles. The molecule has 0 amide bonds. The first-order valence-corrected chi connectivity index (χ1v) is 11.7. The van der Waals surface area contributed by atoms with E-state index in [9.17, 15) is 5.26 Å². The fourth-order valence-corrected chi connectivity index (χ4v) is 5.14. The van der Waals surface area contributed by atoms with Crippen LogP contribution in [0.3, 0.4) is 0 Å². The van der Waals surface area contributed by atoms with Crippen LogP contribution < -0.4 is 0 Å². The van der Waals surface area contributed by atoms with Gasteiger partial charge in [0, 0.05) is 38.8 Å². The van der Waals surface area contributed by atoms with E-state index in [0.29, 0.717) is 6.04 Å². The number of hydrogen-bond acceptors (Lipinski definition) is 5. The van der Waals surface area contributed by atoms with Crippen molar-refractivity contribution in [2.24, 2.45) is 0 Å². The highest BCUT2D eigenvalue weighted by Gasteiger charge is 2.28. The van der Waals surface area contributed by atoms with Crippen LogP contribution in [-0.4, -0.2) is 84.5 Å². The lowest BCUT2D eigenvalue weighted by atomic mass is 10.0. The minimum absolute atomic E-state index is 0.270. The van der Waals surface area contributed by atoms with Crippen molar-refractivity contribution >= 4 is 0 Å². The Morgan fingerprint density at radius 2 is 1.59 bits per heavy atom. The van der Waals surface area contributed by atoms with Crippen LogP contribution in [0.1, 0.15) is 58.3 Å². The number of piperidine rings is 2. The Hall–Kier alpha value is -1.76. The molecule has 29 heavy (non-hydrogen) atoms. The van der Waals surface area contributed by atoms with Crippen LogP contribution in [0.25, 0.3) is 4.85 Å². The molecule has 1 atom stereocenters. The maximum absolute atomic E-state index is 9.52. The van der Waals surface area contributed by atoms with Gasteiger partial charge in [0.1, 0.15) is 5.82 Å². The minimum Gasteiger partial charge on any atom is -0.365 e. The van der Waals surface area contributed by atoms with Gasteiger partial charge in [0.05, 0.1) is 12.6 Å². The Kier molecular flexibility index (Phi) is 8.65. The summed E-state index contributed by atoms with van der Waals surface area (Å²) in [6.07, 6.45) is 10.2. The van der Waals surface area contributed by atoms with Gasteiger partial charge < -0.3 is 19.6 Å². The molecular formula is C23H38N6. The zero-order valence-corrected chi connectivity index (χ0v) is 18.3. The third-order valence-electron chi connectivity index (χ3n) is 6.83. The summed E-state index contributed by atoms with van der Waals surface area (Å²) in [5, 5.41) is 9.52. The quantitative estimate of drug-likeness (QED) is 0.463. The van der Waals surface area contributed by atoms with Crippen LogP contribution in [0.5, 0.6) is 0 Å². The van der Waals surface area contributed by atoms with E-state index in [-0.39, 0.29) is 5.70 Å². The standard InChI is InChI=1S/C23H38N6/c1-21-10-4-7-14-27(21)15-9-17-29-19-18-28(23(29)22(20-24)25-2)16-8-13-26-11-5-3-6-12-26/h21H,3-19H2,1H3. The maximum atomic E-state index is 9.52. The third kappa shape index (κ3) is 6.11. The van der Waals surface area contributed by atoms with E-state index < -0.39 is 0 Å². The van der Waals surface area contributed by atoms with Crippen molar-refractivity contribution < 1.29 is 0 Å².